The second-order valence-corrected chi connectivity index (χ2v) is 7.33. The fourth-order valence-electron chi connectivity index (χ4n) is 2.79. The molecule has 0 unspecified atom stereocenters. The number of fused-ring (bicyclic) bond motifs is 1. The van der Waals surface area contributed by atoms with Crippen molar-refractivity contribution in [2.24, 2.45) is 0 Å². The van der Waals surface area contributed by atoms with Crippen molar-refractivity contribution in [1.29, 1.82) is 0 Å². The Hall–Kier alpha value is -2.02. The highest BCUT2D eigenvalue weighted by atomic mass is 35.5. The lowest BCUT2D eigenvalue weighted by molar-refractivity contribution is 0.0974. The molecule has 3 rings (SSSR count). The standard InChI is InChI=1S/C16H19ClFN5O/c1-9-10-6-5-7-22(13(10)11(17)8-12(9)18)15(24)14-19-21-23(20-14)16(2,3)4/h8H,5-7H2,1-4H3. The molecule has 1 aliphatic rings. The molecule has 2 heterocycles. The summed E-state index contributed by atoms with van der Waals surface area (Å²) in [5, 5.41) is 12.2. The lowest BCUT2D eigenvalue weighted by Crippen LogP contribution is -2.37. The van der Waals surface area contributed by atoms with Crippen molar-refractivity contribution in [3.8, 4) is 0 Å². The predicted molar refractivity (Wildman–Crippen MR) is 89.0 cm³/mol. The third-order valence-electron chi connectivity index (χ3n) is 4.10. The number of hydrogen-bond acceptors (Lipinski definition) is 4. The quantitative estimate of drug-likeness (QED) is 0.791. The van der Waals surface area contributed by atoms with Crippen LogP contribution in [0.25, 0.3) is 0 Å². The fraction of sp³-hybridized carbons (Fsp3) is 0.500. The van der Waals surface area contributed by atoms with Crippen molar-refractivity contribution in [2.75, 3.05) is 11.4 Å². The summed E-state index contributed by atoms with van der Waals surface area (Å²) >= 11 is 6.23. The van der Waals surface area contributed by atoms with E-state index in [1.165, 1.54) is 15.8 Å². The second kappa shape index (κ2) is 5.81. The van der Waals surface area contributed by atoms with E-state index in [0.717, 1.165) is 12.0 Å². The van der Waals surface area contributed by atoms with Gasteiger partial charge in [0.2, 0.25) is 0 Å². The van der Waals surface area contributed by atoms with Gasteiger partial charge in [-0.05, 0) is 62.9 Å². The summed E-state index contributed by atoms with van der Waals surface area (Å²) in [5.41, 5.74) is 1.47. The van der Waals surface area contributed by atoms with Crippen LogP contribution < -0.4 is 4.90 Å². The van der Waals surface area contributed by atoms with Crippen LogP contribution in [0.15, 0.2) is 6.07 Å². The first kappa shape index (κ1) is 16.8. The van der Waals surface area contributed by atoms with Gasteiger partial charge < -0.3 is 4.90 Å². The molecule has 0 saturated heterocycles. The molecule has 0 bridgehead atoms. The molecule has 24 heavy (non-hydrogen) atoms. The molecule has 6 nitrogen and oxygen atoms in total. The predicted octanol–water partition coefficient (Wildman–Crippen LogP) is 3.12. The molecule has 128 valence electrons. The fourth-order valence-corrected chi connectivity index (χ4v) is 3.10. The highest BCUT2D eigenvalue weighted by Crippen LogP contribution is 2.38. The van der Waals surface area contributed by atoms with Gasteiger partial charge in [0.25, 0.3) is 11.7 Å². The number of rotatable bonds is 1. The van der Waals surface area contributed by atoms with E-state index in [1.54, 1.807) is 6.92 Å². The Labute approximate surface area is 144 Å². The number of hydrogen-bond donors (Lipinski definition) is 0. The first-order chi connectivity index (χ1) is 11.2. The van der Waals surface area contributed by atoms with Crippen molar-refractivity contribution >= 4 is 23.2 Å². The highest BCUT2D eigenvalue weighted by Gasteiger charge is 2.31. The molecule has 2 aromatic rings. The van der Waals surface area contributed by atoms with E-state index < -0.39 is 0 Å². The minimum atomic E-state index is -0.376. The van der Waals surface area contributed by atoms with Gasteiger partial charge in [0.05, 0.1) is 16.2 Å². The number of nitrogens with zero attached hydrogens (tertiary/aromatic N) is 5. The van der Waals surface area contributed by atoms with Crippen molar-refractivity contribution in [3.05, 3.63) is 33.9 Å². The molecular weight excluding hydrogens is 333 g/mol. The van der Waals surface area contributed by atoms with Crippen molar-refractivity contribution in [2.45, 2.75) is 46.1 Å². The number of carbonyl (C=O) groups is 1. The summed E-state index contributed by atoms with van der Waals surface area (Å²) in [4.78, 5) is 15.8. The van der Waals surface area contributed by atoms with Gasteiger partial charge in [-0.3, -0.25) is 4.79 Å². The number of aromatic nitrogens is 4. The maximum absolute atomic E-state index is 13.9. The van der Waals surface area contributed by atoms with E-state index in [4.69, 9.17) is 11.6 Å². The van der Waals surface area contributed by atoms with E-state index >= 15 is 0 Å². The van der Waals surface area contributed by atoms with Crippen LogP contribution in [0.4, 0.5) is 10.1 Å². The number of carbonyl (C=O) groups excluding carboxylic acids is 1. The van der Waals surface area contributed by atoms with Gasteiger partial charge in [-0.2, -0.15) is 4.80 Å². The first-order valence-electron chi connectivity index (χ1n) is 7.80. The first-order valence-corrected chi connectivity index (χ1v) is 8.18. The molecule has 0 saturated carbocycles. The molecule has 0 spiro atoms. The average Bonchev–Trinajstić information content (AvgIpc) is 3.01. The third-order valence-corrected chi connectivity index (χ3v) is 4.39. The topological polar surface area (TPSA) is 63.9 Å². The van der Waals surface area contributed by atoms with Gasteiger partial charge in [-0.1, -0.05) is 11.6 Å². The third kappa shape index (κ3) is 2.77. The molecule has 1 aliphatic heterocycles. The zero-order valence-electron chi connectivity index (χ0n) is 14.1. The minimum Gasteiger partial charge on any atom is -0.304 e. The summed E-state index contributed by atoms with van der Waals surface area (Å²) in [6.45, 7) is 7.94. The van der Waals surface area contributed by atoms with Crippen molar-refractivity contribution in [3.63, 3.8) is 0 Å². The summed E-state index contributed by atoms with van der Waals surface area (Å²) < 4.78 is 13.9. The van der Waals surface area contributed by atoms with Gasteiger partial charge in [-0.25, -0.2) is 4.39 Å². The number of anilines is 1. The Balaban J connectivity index is 2.02. The smallest absolute Gasteiger partial charge is 0.299 e. The van der Waals surface area contributed by atoms with Crippen LogP contribution in [-0.2, 0) is 12.0 Å². The summed E-state index contributed by atoms with van der Waals surface area (Å²) in [5.74, 6) is -0.722. The van der Waals surface area contributed by atoms with Gasteiger partial charge in [0.15, 0.2) is 0 Å². The van der Waals surface area contributed by atoms with Gasteiger partial charge >= 0.3 is 0 Å². The van der Waals surface area contributed by atoms with Gasteiger partial charge in [-0.15, -0.1) is 10.2 Å². The molecule has 1 aromatic carbocycles. The van der Waals surface area contributed by atoms with Crippen LogP contribution in [0.2, 0.25) is 5.02 Å². The normalized spacial score (nSPS) is 14.7. The van der Waals surface area contributed by atoms with Crippen LogP contribution >= 0.6 is 11.6 Å². The maximum atomic E-state index is 13.9. The van der Waals surface area contributed by atoms with E-state index in [0.29, 0.717) is 24.2 Å². The highest BCUT2D eigenvalue weighted by molar-refractivity contribution is 6.34. The maximum Gasteiger partial charge on any atom is 0.299 e. The Kier molecular flexibility index (Phi) is 4.07. The molecule has 1 amide bonds. The SMILES string of the molecule is Cc1c(F)cc(Cl)c2c1CCCN2C(=O)c1nnn(C(C)(C)C)n1. The van der Waals surface area contributed by atoms with Crippen molar-refractivity contribution < 1.29 is 9.18 Å². The second-order valence-electron chi connectivity index (χ2n) is 6.93. The number of halogens is 2. The lowest BCUT2D eigenvalue weighted by atomic mass is 9.96. The van der Waals surface area contributed by atoms with Crippen LogP contribution in [0.3, 0.4) is 0 Å². The van der Waals surface area contributed by atoms with Gasteiger partial charge in [0, 0.05) is 6.54 Å². The zero-order valence-corrected chi connectivity index (χ0v) is 14.9. The Morgan fingerprint density at radius 3 is 2.71 bits per heavy atom. The van der Waals surface area contributed by atoms with Crippen LogP contribution in [0, 0.1) is 12.7 Å². The van der Waals surface area contributed by atoms with Crippen molar-refractivity contribution in [1.82, 2.24) is 20.2 Å². The Bertz CT molecular complexity index is 812. The monoisotopic (exact) mass is 351 g/mol. The largest absolute Gasteiger partial charge is 0.304 e. The number of amides is 1. The molecule has 0 fully saturated rings. The molecule has 0 radical (unpaired) electrons. The van der Waals surface area contributed by atoms with E-state index in [-0.39, 0.29) is 28.1 Å². The molecule has 1 aromatic heterocycles. The molecule has 0 aliphatic carbocycles. The van der Waals surface area contributed by atoms with E-state index in [2.05, 4.69) is 15.4 Å². The average molecular weight is 352 g/mol. The lowest BCUT2D eigenvalue weighted by Gasteiger charge is -2.30. The molecule has 0 N–H and O–H groups in total. The molecular formula is C16H19ClFN5O. The number of tetrazole rings is 1. The van der Waals surface area contributed by atoms with Gasteiger partial charge in [0.1, 0.15) is 5.82 Å². The summed E-state index contributed by atoms with van der Waals surface area (Å²) in [7, 11) is 0. The summed E-state index contributed by atoms with van der Waals surface area (Å²) in [6, 6.07) is 1.25. The Morgan fingerprint density at radius 1 is 1.38 bits per heavy atom. The van der Waals surface area contributed by atoms with Crippen LogP contribution in [0.1, 0.15) is 48.9 Å². The minimum absolute atomic E-state index is 0.0100. The molecule has 8 heteroatoms. The van der Waals surface area contributed by atoms with E-state index in [9.17, 15) is 9.18 Å². The molecule has 0 atom stereocenters. The van der Waals surface area contributed by atoms with E-state index in [1.807, 2.05) is 20.8 Å². The van der Waals surface area contributed by atoms with Crippen LogP contribution in [-0.4, -0.2) is 32.7 Å². The zero-order chi connectivity index (χ0) is 17.6. The number of benzene rings is 1. The van der Waals surface area contributed by atoms with Crippen LogP contribution in [0.5, 0.6) is 0 Å². The Morgan fingerprint density at radius 2 is 2.08 bits per heavy atom. The summed E-state index contributed by atoms with van der Waals surface area (Å²) in [6.07, 6.45) is 1.41.